The Kier molecular flexibility index (Phi) is 6.06. The normalized spacial score (nSPS) is 17.8. The minimum atomic E-state index is 0.473. The molecule has 1 saturated carbocycles. The van der Waals surface area contributed by atoms with Crippen LogP contribution in [-0.4, -0.2) is 11.9 Å². The number of aryl methyl sites for hydroxylation is 2. The minimum Gasteiger partial charge on any atom is -0.312 e. The van der Waals surface area contributed by atoms with Crippen LogP contribution in [-0.2, 0) is 6.42 Å². The molecule has 0 aromatic heterocycles. The summed E-state index contributed by atoms with van der Waals surface area (Å²) in [6, 6.07) is 9.13. The summed E-state index contributed by atoms with van der Waals surface area (Å²) < 4.78 is 0. The summed E-state index contributed by atoms with van der Waals surface area (Å²) in [6.07, 6.45) is 9.67. The van der Waals surface area contributed by atoms with Crippen molar-refractivity contribution in [3.05, 3.63) is 35.4 Å². The van der Waals surface area contributed by atoms with Gasteiger partial charge in [0, 0.05) is 6.42 Å². The van der Waals surface area contributed by atoms with Gasteiger partial charge >= 0.3 is 0 Å². The van der Waals surface area contributed by atoms with E-state index in [-0.39, 0.29) is 0 Å². The van der Waals surface area contributed by atoms with Crippen molar-refractivity contribution in [1.82, 2.24) is 5.43 Å². The van der Waals surface area contributed by atoms with Crippen LogP contribution in [0.2, 0.25) is 0 Å². The zero-order chi connectivity index (χ0) is 14.2. The van der Waals surface area contributed by atoms with Gasteiger partial charge in [0.2, 0.25) is 0 Å². The molecule has 3 heteroatoms. The van der Waals surface area contributed by atoms with Crippen molar-refractivity contribution in [2.24, 2.45) is 10.8 Å². The van der Waals surface area contributed by atoms with Crippen molar-refractivity contribution in [1.29, 1.82) is 0 Å². The van der Waals surface area contributed by atoms with Gasteiger partial charge in [0.15, 0.2) is 0 Å². The van der Waals surface area contributed by atoms with Crippen LogP contribution in [0.3, 0.4) is 0 Å². The summed E-state index contributed by atoms with van der Waals surface area (Å²) in [5.74, 6) is 6.60. The van der Waals surface area contributed by atoms with Gasteiger partial charge in [-0.25, -0.2) is 5.84 Å². The molecular formula is C17H27N3. The largest absolute Gasteiger partial charge is 0.312 e. The van der Waals surface area contributed by atoms with Crippen LogP contribution in [0, 0.1) is 6.92 Å². The maximum atomic E-state index is 5.64. The predicted octanol–water partition coefficient (Wildman–Crippen LogP) is 3.51. The number of aliphatic imine (C=N–C) groups is 1. The molecule has 1 aromatic rings. The Bertz CT molecular complexity index is 432. The van der Waals surface area contributed by atoms with Gasteiger partial charge in [0.1, 0.15) is 5.84 Å². The van der Waals surface area contributed by atoms with E-state index in [4.69, 9.17) is 10.8 Å². The summed E-state index contributed by atoms with van der Waals surface area (Å²) in [7, 11) is 0. The third-order valence-corrected chi connectivity index (χ3v) is 4.06. The molecule has 0 radical (unpaired) electrons. The average Bonchev–Trinajstić information content (AvgIpc) is 2.72. The van der Waals surface area contributed by atoms with Crippen molar-refractivity contribution in [2.75, 3.05) is 0 Å². The van der Waals surface area contributed by atoms with Gasteiger partial charge in [-0.3, -0.25) is 4.99 Å². The highest BCUT2D eigenvalue weighted by atomic mass is 15.3. The molecule has 1 aliphatic rings. The Hall–Kier alpha value is -1.35. The molecule has 1 aliphatic carbocycles. The van der Waals surface area contributed by atoms with Gasteiger partial charge in [-0.15, -0.1) is 0 Å². The van der Waals surface area contributed by atoms with Gasteiger partial charge in [-0.05, 0) is 31.7 Å². The van der Waals surface area contributed by atoms with Crippen molar-refractivity contribution in [3.63, 3.8) is 0 Å². The average molecular weight is 273 g/mol. The number of nitrogens with zero attached hydrogens (tertiary/aromatic N) is 1. The van der Waals surface area contributed by atoms with Crippen LogP contribution in [0.1, 0.15) is 56.1 Å². The first-order valence-corrected chi connectivity index (χ1v) is 7.87. The van der Waals surface area contributed by atoms with Crippen LogP contribution in [0.4, 0.5) is 0 Å². The summed E-state index contributed by atoms with van der Waals surface area (Å²) >= 11 is 0. The number of nitrogens with one attached hydrogen (secondary N) is 1. The zero-order valence-corrected chi connectivity index (χ0v) is 12.6. The molecule has 0 bridgehead atoms. The maximum Gasteiger partial charge on any atom is 0.111 e. The summed E-state index contributed by atoms with van der Waals surface area (Å²) in [5.41, 5.74) is 5.47. The van der Waals surface area contributed by atoms with E-state index in [0.29, 0.717) is 6.04 Å². The van der Waals surface area contributed by atoms with E-state index in [0.717, 1.165) is 18.7 Å². The lowest BCUT2D eigenvalue weighted by atomic mass is 10.1. The fourth-order valence-electron chi connectivity index (χ4n) is 2.91. The summed E-state index contributed by atoms with van der Waals surface area (Å²) in [4.78, 5) is 4.83. The first-order valence-electron chi connectivity index (χ1n) is 7.87. The Morgan fingerprint density at radius 2 is 2.00 bits per heavy atom. The number of nitrogens with two attached hydrogens (primary N) is 1. The molecule has 3 nitrogen and oxygen atoms in total. The zero-order valence-electron chi connectivity index (χ0n) is 12.6. The quantitative estimate of drug-likeness (QED) is 0.290. The van der Waals surface area contributed by atoms with Crippen LogP contribution in [0.25, 0.3) is 0 Å². The third kappa shape index (κ3) is 4.97. The lowest BCUT2D eigenvalue weighted by molar-refractivity contribution is 0.580. The van der Waals surface area contributed by atoms with E-state index >= 15 is 0 Å². The van der Waals surface area contributed by atoms with Crippen molar-refractivity contribution in [2.45, 2.75) is 64.3 Å². The lowest BCUT2D eigenvalue weighted by Gasteiger charge is -2.12. The molecule has 0 amide bonds. The van der Waals surface area contributed by atoms with Crippen molar-refractivity contribution in [3.8, 4) is 0 Å². The highest BCUT2D eigenvalue weighted by molar-refractivity contribution is 5.82. The van der Waals surface area contributed by atoms with Gasteiger partial charge in [-0.2, -0.15) is 0 Å². The summed E-state index contributed by atoms with van der Waals surface area (Å²) in [6.45, 7) is 2.13. The first kappa shape index (κ1) is 15.0. The van der Waals surface area contributed by atoms with E-state index in [1.165, 1.54) is 49.7 Å². The molecule has 0 saturated heterocycles. The second-order valence-corrected chi connectivity index (χ2v) is 5.85. The van der Waals surface area contributed by atoms with Gasteiger partial charge in [0.05, 0.1) is 6.04 Å². The Morgan fingerprint density at radius 1 is 1.25 bits per heavy atom. The van der Waals surface area contributed by atoms with E-state index in [2.05, 4.69) is 36.6 Å². The molecule has 3 N–H and O–H groups in total. The van der Waals surface area contributed by atoms with Crippen LogP contribution in [0.5, 0.6) is 0 Å². The van der Waals surface area contributed by atoms with E-state index in [9.17, 15) is 0 Å². The van der Waals surface area contributed by atoms with Crippen LogP contribution < -0.4 is 11.3 Å². The molecule has 110 valence electrons. The standard InChI is InChI=1S/C17H27N3/c1-14-7-6-8-15(13-14)11-12-17(20-18)19-16-9-4-2-3-5-10-16/h6-8,13,16H,2-5,9-12,18H2,1H3,(H,19,20). The molecule has 0 aliphatic heterocycles. The SMILES string of the molecule is Cc1cccc(CCC(=NC2CCCCCC2)NN)c1. The van der Waals surface area contributed by atoms with Crippen LogP contribution in [0.15, 0.2) is 29.3 Å². The topological polar surface area (TPSA) is 50.4 Å². The number of amidine groups is 1. The van der Waals surface area contributed by atoms with Gasteiger partial charge < -0.3 is 5.43 Å². The second kappa shape index (κ2) is 8.05. The fourth-order valence-corrected chi connectivity index (χ4v) is 2.91. The predicted molar refractivity (Wildman–Crippen MR) is 85.7 cm³/mol. The highest BCUT2D eigenvalue weighted by Gasteiger charge is 2.11. The van der Waals surface area contributed by atoms with Crippen molar-refractivity contribution >= 4 is 5.84 Å². The molecule has 20 heavy (non-hydrogen) atoms. The fraction of sp³-hybridized carbons (Fsp3) is 0.588. The van der Waals surface area contributed by atoms with E-state index in [1.54, 1.807) is 0 Å². The smallest absolute Gasteiger partial charge is 0.111 e. The van der Waals surface area contributed by atoms with Gasteiger partial charge in [0.25, 0.3) is 0 Å². The van der Waals surface area contributed by atoms with Crippen LogP contribution >= 0.6 is 0 Å². The Labute approximate surface area is 122 Å². The molecular weight excluding hydrogens is 246 g/mol. The monoisotopic (exact) mass is 273 g/mol. The molecule has 2 rings (SSSR count). The molecule has 0 atom stereocenters. The number of hydrogen-bond acceptors (Lipinski definition) is 2. The molecule has 0 spiro atoms. The van der Waals surface area contributed by atoms with Gasteiger partial charge in [-0.1, -0.05) is 55.5 Å². The lowest BCUT2D eigenvalue weighted by Crippen LogP contribution is -2.32. The Morgan fingerprint density at radius 3 is 2.65 bits per heavy atom. The summed E-state index contributed by atoms with van der Waals surface area (Å²) in [5, 5.41) is 0. The Balaban J connectivity index is 1.90. The molecule has 0 unspecified atom stereocenters. The molecule has 1 aromatic carbocycles. The second-order valence-electron chi connectivity index (χ2n) is 5.85. The minimum absolute atomic E-state index is 0.473. The van der Waals surface area contributed by atoms with E-state index < -0.39 is 0 Å². The molecule has 0 heterocycles. The number of hydrogen-bond donors (Lipinski definition) is 2. The highest BCUT2D eigenvalue weighted by Crippen LogP contribution is 2.20. The first-order chi connectivity index (χ1) is 9.78. The number of benzene rings is 1. The molecule has 1 fully saturated rings. The maximum absolute atomic E-state index is 5.64. The van der Waals surface area contributed by atoms with E-state index in [1.807, 2.05) is 0 Å². The van der Waals surface area contributed by atoms with Crippen molar-refractivity contribution < 1.29 is 0 Å². The number of rotatable bonds is 4. The third-order valence-electron chi connectivity index (χ3n) is 4.06. The number of hydrazine groups is 1.